The van der Waals surface area contributed by atoms with Crippen molar-refractivity contribution in [3.05, 3.63) is 5.21 Å². The van der Waals surface area contributed by atoms with Gasteiger partial charge in [0.1, 0.15) is 24.5 Å². The number of phosphoric ester groups is 1. The molecule has 0 aromatic carbocycles. The molecule has 0 aromatic rings. The number of aliphatic hydroxyl groups is 2. The standard InChI is InChI=1S/C10H21N5O8P/c11-8-5-9(13-3-15(8)18)14(2-12-5)10-7(17)6(16)4(23-10)1-22-24(19,20)21/h4-10,12-13,16-17H,1-3,11H2,(H2,19,20,21)/q-1. The van der Waals surface area contributed by atoms with Crippen LogP contribution in [0.2, 0.25) is 0 Å². The molecule has 24 heavy (non-hydrogen) atoms. The first kappa shape index (κ1) is 18.5. The van der Waals surface area contributed by atoms with Crippen LogP contribution < -0.4 is 16.4 Å². The molecular formula is C10H21N5O8P-. The van der Waals surface area contributed by atoms with Crippen LogP contribution in [0.3, 0.4) is 0 Å². The lowest BCUT2D eigenvalue weighted by molar-refractivity contribution is -0.112. The molecule has 0 aliphatic carbocycles. The van der Waals surface area contributed by atoms with Crippen LogP contribution in [0.4, 0.5) is 0 Å². The number of nitrogens with two attached hydrogens (primary N) is 1. The van der Waals surface area contributed by atoms with Gasteiger partial charge < -0.3 is 40.7 Å². The highest BCUT2D eigenvalue weighted by Crippen LogP contribution is 2.37. The first-order valence-electron chi connectivity index (χ1n) is 7.32. The van der Waals surface area contributed by atoms with E-state index in [-0.39, 0.29) is 13.3 Å². The predicted molar refractivity (Wildman–Crippen MR) is 77.3 cm³/mol. The highest BCUT2D eigenvalue weighted by atomic mass is 31.2. The molecule has 0 amide bonds. The second-order valence-electron chi connectivity index (χ2n) is 5.95. The van der Waals surface area contributed by atoms with Crippen LogP contribution in [0, 0.1) is 5.21 Å². The van der Waals surface area contributed by atoms with Gasteiger partial charge in [0, 0.05) is 6.67 Å². The monoisotopic (exact) mass is 370 g/mol. The van der Waals surface area contributed by atoms with Crippen molar-refractivity contribution < 1.29 is 33.8 Å². The zero-order valence-electron chi connectivity index (χ0n) is 12.5. The number of rotatable bonds is 4. The first-order chi connectivity index (χ1) is 11.2. The van der Waals surface area contributed by atoms with E-state index in [0.29, 0.717) is 5.06 Å². The van der Waals surface area contributed by atoms with Crippen molar-refractivity contribution in [3.63, 3.8) is 0 Å². The average Bonchev–Trinajstić information content (AvgIpc) is 3.04. The Hall–Kier alpha value is -0.250. The first-order valence-corrected chi connectivity index (χ1v) is 8.85. The Morgan fingerprint density at radius 3 is 2.67 bits per heavy atom. The van der Waals surface area contributed by atoms with Gasteiger partial charge in [0.2, 0.25) is 0 Å². The van der Waals surface area contributed by atoms with Crippen molar-refractivity contribution in [3.8, 4) is 0 Å². The second kappa shape index (κ2) is 6.81. The van der Waals surface area contributed by atoms with Gasteiger partial charge in [0.25, 0.3) is 0 Å². The summed E-state index contributed by atoms with van der Waals surface area (Å²) in [6, 6.07) is -0.408. The van der Waals surface area contributed by atoms with E-state index in [9.17, 15) is 20.0 Å². The van der Waals surface area contributed by atoms with Crippen LogP contribution >= 0.6 is 7.82 Å². The topological polar surface area (TPSA) is 196 Å². The number of nitrogens with zero attached hydrogens (tertiary/aromatic N) is 2. The summed E-state index contributed by atoms with van der Waals surface area (Å²) in [5, 5.41) is 38.5. The summed E-state index contributed by atoms with van der Waals surface area (Å²) in [4.78, 5) is 19.1. The summed E-state index contributed by atoms with van der Waals surface area (Å²) in [6.07, 6.45) is -5.94. The van der Waals surface area contributed by atoms with Crippen LogP contribution in [-0.4, -0.2) is 92.8 Å². The molecule has 8 N–H and O–H groups in total. The van der Waals surface area contributed by atoms with Gasteiger partial charge in [-0.3, -0.25) is 15.2 Å². The van der Waals surface area contributed by atoms with Crippen molar-refractivity contribution in [2.45, 2.75) is 42.9 Å². The summed E-state index contributed by atoms with van der Waals surface area (Å²) in [5.41, 5.74) is 5.83. The molecule has 0 saturated carbocycles. The average molecular weight is 370 g/mol. The Kier molecular flexibility index (Phi) is 5.26. The normalized spacial score (nSPS) is 44.8. The van der Waals surface area contributed by atoms with Crippen molar-refractivity contribution in [1.82, 2.24) is 20.6 Å². The third-order valence-electron chi connectivity index (χ3n) is 4.43. The Morgan fingerprint density at radius 2 is 2.00 bits per heavy atom. The molecule has 0 bridgehead atoms. The number of nitrogens with one attached hydrogen (secondary N) is 2. The van der Waals surface area contributed by atoms with Gasteiger partial charge in [0.05, 0.1) is 31.6 Å². The number of phosphoric acid groups is 1. The van der Waals surface area contributed by atoms with Crippen molar-refractivity contribution in [2.75, 3.05) is 19.9 Å². The van der Waals surface area contributed by atoms with E-state index in [0.717, 1.165) is 0 Å². The molecule has 7 atom stereocenters. The van der Waals surface area contributed by atoms with Crippen LogP contribution in [0.25, 0.3) is 0 Å². The van der Waals surface area contributed by atoms with Crippen molar-refractivity contribution in [2.24, 2.45) is 5.73 Å². The highest BCUT2D eigenvalue weighted by molar-refractivity contribution is 7.46. The van der Waals surface area contributed by atoms with E-state index < -0.39 is 57.3 Å². The smallest absolute Gasteiger partial charge is 0.469 e. The van der Waals surface area contributed by atoms with E-state index in [1.807, 2.05) is 0 Å². The Balaban J connectivity index is 1.66. The second-order valence-corrected chi connectivity index (χ2v) is 7.19. The molecule has 140 valence electrons. The zero-order valence-corrected chi connectivity index (χ0v) is 13.4. The van der Waals surface area contributed by atoms with Crippen molar-refractivity contribution >= 4 is 7.82 Å². The Morgan fingerprint density at radius 1 is 1.29 bits per heavy atom. The molecular weight excluding hydrogens is 349 g/mol. The summed E-state index contributed by atoms with van der Waals surface area (Å²) in [6.45, 7) is -0.337. The Bertz CT molecular complexity index is 510. The number of hydroxylamine groups is 2. The van der Waals surface area contributed by atoms with Gasteiger partial charge in [-0.05, 0) is 0 Å². The van der Waals surface area contributed by atoms with Gasteiger partial charge in [-0.1, -0.05) is 0 Å². The van der Waals surface area contributed by atoms with E-state index in [2.05, 4.69) is 15.2 Å². The van der Waals surface area contributed by atoms with Crippen LogP contribution in [0.15, 0.2) is 0 Å². The molecule has 0 radical (unpaired) electrons. The number of hydrogen-bond donors (Lipinski definition) is 7. The fourth-order valence-electron chi connectivity index (χ4n) is 3.21. The minimum absolute atomic E-state index is 0.00334. The third-order valence-corrected chi connectivity index (χ3v) is 4.92. The minimum Gasteiger partial charge on any atom is -0.783 e. The predicted octanol–water partition coefficient (Wildman–Crippen LogP) is -4.25. The molecule has 3 heterocycles. The van der Waals surface area contributed by atoms with Gasteiger partial charge in [-0.15, -0.1) is 0 Å². The fraction of sp³-hybridized carbons (Fsp3) is 1.00. The maximum atomic E-state index is 11.6. The number of ether oxygens (including phenoxy) is 1. The van der Waals surface area contributed by atoms with Crippen LogP contribution in [-0.2, 0) is 13.8 Å². The maximum absolute atomic E-state index is 11.6. The molecule has 3 fully saturated rings. The van der Waals surface area contributed by atoms with Gasteiger partial charge in [0.15, 0.2) is 0 Å². The van der Waals surface area contributed by atoms with E-state index in [1.165, 1.54) is 0 Å². The molecule has 3 saturated heterocycles. The number of hydrogen-bond acceptors (Lipinski definition) is 11. The zero-order chi connectivity index (χ0) is 17.6. The molecule has 7 unspecified atom stereocenters. The molecule has 13 nitrogen and oxygen atoms in total. The highest BCUT2D eigenvalue weighted by Gasteiger charge is 2.52. The molecule has 3 aliphatic heterocycles. The maximum Gasteiger partial charge on any atom is 0.469 e. The molecule has 0 spiro atoms. The molecule has 0 aromatic heterocycles. The van der Waals surface area contributed by atoms with E-state index >= 15 is 0 Å². The lowest BCUT2D eigenvalue weighted by atomic mass is 10.1. The quantitative estimate of drug-likeness (QED) is 0.235. The van der Waals surface area contributed by atoms with Gasteiger partial charge in [-0.25, -0.2) is 9.46 Å². The summed E-state index contributed by atoms with van der Waals surface area (Å²) in [5.74, 6) is 0. The van der Waals surface area contributed by atoms with Crippen LogP contribution in [0.1, 0.15) is 0 Å². The Labute approximate surface area is 137 Å². The summed E-state index contributed by atoms with van der Waals surface area (Å²) >= 11 is 0. The van der Waals surface area contributed by atoms with Crippen LogP contribution in [0.5, 0.6) is 0 Å². The lowest BCUT2D eigenvalue weighted by Gasteiger charge is -2.47. The van der Waals surface area contributed by atoms with E-state index in [4.69, 9.17) is 20.3 Å². The minimum atomic E-state index is -4.72. The number of aliphatic hydroxyl groups excluding tert-OH is 2. The van der Waals surface area contributed by atoms with Gasteiger partial charge in [-0.2, -0.15) is 0 Å². The third kappa shape index (κ3) is 3.50. The van der Waals surface area contributed by atoms with E-state index in [1.54, 1.807) is 4.90 Å². The largest absolute Gasteiger partial charge is 0.783 e. The SMILES string of the molecule is NC1C2NCN(C3OC(COP(=O)(O)O)C(O)C3O)C2NCN1[O-]. The van der Waals surface area contributed by atoms with Gasteiger partial charge >= 0.3 is 7.82 Å². The fourth-order valence-corrected chi connectivity index (χ4v) is 3.55. The summed E-state index contributed by atoms with van der Waals surface area (Å²) in [7, 11) is -4.72. The lowest BCUT2D eigenvalue weighted by Crippen LogP contribution is -2.68. The summed E-state index contributed by atoms with van der Waals surface area (Å²) < 4.78 is 20.6. The number of fused-ring (bicyclic) bond motifs is 1. The van der Waals surface area contributed by atoms with Crippen molar-refractivity contribution in [1.29, 1.82) is 0 Å². The molecule has 3 rings (SSSR count). The molecule has 3 aliphatic rings. The molecule has 14 heteroatoms.